The van der Waals surface area contributed by atoms with Gasteiger partial charge in [0, 0.05) is 6.42 Å². The third-order valence-electron chi connectivity index (χ3n) is 8.43. The summed E-state index contributed by atoms with van der Waals surface area (Å²) in [4.78, 5) is 0. The predicted molar refractivity (Wildman–Crippen MR) is 171 cm³/mol. The van der Waals surface area contributed by atoms with Crippen molar-refractivity contribution in [3.8, 4) is 0 Å². The molecule has 2 aromatic rings. The monoisotopic (exact) mass is 525 g/mol. The average Bonchev–Trinajstić information content (AvgIpc) is 2.87. The quantitative estimate of drug-likeness (QED) is 0.100. The fraction of sp³-hybridized carbons (Fsp3) is 0.722. The molecular formula is C36H64N2+2. The van der Waals surface area contributed by atoms with E-state index >= 15 is 0 Å². The van der Waals surface area contributed by atoms with Gasteiger partial charge in [0.25, 0.3) is 0 Å². The normalized spacial score (nSPS) is 12.4. The summed E-state index contributed by atoms with van der Waals surface area (Å²) in [6.45, 7) is 3.96. The summed E-state index contributed by atoms with van der Waals surface area (Å²) < 4.78 is 2.29. The molecule has 2 rings (SSSR count). The van der Waals surface area contributed by atoms with Crippen LogP contribution in [-0.2, 0) is 6.42 Å². The molecule has 0 amide bonds. The Morgan fingerprint density at radius 3 is 1.42 bits per heavy atom. The minimum atomic E-state index is 1.09. The summed E-state index contributed by atoms with van der Waals surface area (Å²) in [6, 6.07) is 15.6. The van der Waals surface area contributed by atoms with E-state index in [2.05, 4.69) is 77.7 Å². The van der Waals surface area contributed by atoms with Crippen molar-refractivity contribution in [3.05, 3.63) is 48.0 Å². The highest BCUT2D eigenvalue weighted by Gasteiger charge is 2.16. The van der Waals surface area contributed by atoms with E-state index in [1.54, 1.807) is 0 Å². The van der Waals surface area contributed by atoms with Gasteiger partial charge in [-0.05, 0) is 42.0 Å². The second-order valence-electron chi connectivity index (χ2n) is 13.8. The first-order valence-electron chi connectivity index (χ1n) is 16.4. The SMILES string of the molecule is C[N+](C)(C)CCC[N+](C)(C)CCCCCCCCCCCCCCCCCCc1cccc2ccccc12. The zero-order valence-electron chi connectivity index (χ0n) is 26.3. The van der Waals surface area contributed by atoms with Crippen molar-refractivity contribution in [2.24, 2.45) is 0 Å². The van der Waals surface area contributed by atoms with Crippen molar-refractivity contribution in [2.75, 3.05) is 54.9 Å². The number of hydrogen-bond acceptors (Lipinski definition) is 0. The molecule has 0 radical (unpaired) electrons. The van der Waals surface area contributed by atoms with Crippen LogP contribution in [0.3, 0.4) is 0 Å². The van der Waals surface area contributed by atoms with Crippen molar-refractivity contribution in [1.82, 2.24) is 0 Å². The van der Waals surface area contributed by atoms with Crippen LogP contribution in [0.1, 0.15) is 115 Å². The van der Waals surface area contributed by atoms with Crippen molar-refractivity contribution in [2.45, 2.75) is 116 Å². The Labute approximate surface area is 238 Å². The van der Waals surface area contributed by atoms with Gasteiger partial charge in [-0.25, -0.2) is 0 Å². The van der Waals surface area contributed by atoms with Crippen LogP contribution in [-0.4, -0.2) is 63.8 Å². The molecule has 0 aromatic heterocycles. The highest BCUT2D eigenvalue weighted by Crippen LogP contribution is 2.21. The molecule has 2 aromatic carbocycles. The third kappa shape index (κ3) is 15.9. The maximum Gasteiger partial charge on any atom is 0.0836 e. The molecule has 0 fully saturated rings. The highest BCUT2D eigenvalue weighted by molar-refractivity contribution is 5.85. The van der Waals surface area contributed by atoms with Gasteiger partial charge >= 0.3 is 0 Å². The molecule has 0 unspecified atom stereocenters. The summed E-state index contributed by atoms with van der Waals surface area (Å²) in [5, 5.41) is 2.84. The van der Waals surface area contributed by atoms with E-state index in [1.807, 2.05) is 0 Å². The lowest BCUT2D eigenvalue weighted by Gasteiger charge is -2.31. The molecule has 0 spiro atoms. The number of benzene rings is 2. The van der Waals surface area contributed by atoms with Gasteiger partial charge in [0.1, 0.15) is 0 Å². The van der Waals surface area contributed by atoms with Crippen LogP contribution in [0.2, 0.25) is 0 Å². The molecule has 0 N–H and O–H groups in total. The maximum absolute atomic E-state index is 2.42. The van der Waals surface area contributed by atoms with E-state index in [9.17, 15) is 0 Å². The number of unbranched alkanes of at least 4 members (excludes halogenated alkanes) is 15. The molecule has 0 bridgehead atoms. The van der Waals surface area contributed by atoms with Crippen LogP contribution in [0, 0.1) is 0 Å². The molecule has 0 aliphatic carbocycles. The Morgan fingerprint density at radius 2 is 0.868 bits per heavy atom. The van der Waals surface area contributed by atoms with Crippen LogP contribution in [0.25, 0.3) is 10.8 Å². The van der Waals surface area contributed by atoms with Crippen LogP contribution >= 0.6 is 0 Å². The number of nitrogens with zero attached hydrogens (tertiary/aromatic N) is 2. The second-order valence-corrected chi connectivity index (χ2v) is 13.8. The summed E-state index contributed by atoms with van der Waals surface area (Å²) in [7, 11) is 11.8. The number of fused-ring (bicyclic) bond motifs is 1. The van der Waals surface area contributed by atoms with Gasteiger partial charge in [-0.15, -0.1) is 0 Å². The molecule has 0 aliphatic rings. The second kappa shape index (κ2) is 18.8. The van der Waals surface area contributed by atoms with Gasteiger partial charge in [0.15, 0.2) is 0 Å². The van der Waals surface area contributed by atoms with E-state index in [1.165, 1.54) is 156 Å². The number of rotatable bonds is 23. The minimum Gasteiger partial charge on any atom is -0.331 e. The summed E-state index contributed by atoms with van der Waals surface area (Å²) >= 11 is 0. The molecular weight excluding hydrogens is 460 g/mol. The van der Waals surface area contributed by atoms with Crippen molar-refractivity contribution in [1.29, 1.82) is 0 Å². The highest BCUT2D eigenvalue weighted by atomic mass is 15.3. The largest absolute Gasteiger partial charge is 0.331 e. The molecule has 0 atom stereocenters. The standard InChI is InChI=1S/C36H64N2/c1-37(2,3)31-25-33-38(4,5)32-23-19-17-15-13-11-9-7-6-8-10-12-14-16-18-20-26-34-28-24-29-35-27-21-22-30-36(34)35/h21-22,24,27-30H,6-20,23,25-26,31-33H2,1-5H3/q+2. The molecule has 216 valence electrons. The summed E-state index contributed by atoms with van der Waals surface area (Å²) in [6.07, 6.45) is 25.5. The van der Waals surface area contributed by atoms with Gasteiger partial charge in [-0.3, -0.25) is 0 Å². The Morgan fingerprint density at radius 1 is 0.421 bits per heavy atom. The molecule has 0 saturated carbocycles. The van der Waals surface area contributed by atoms with Gasteiger partial charge in [0.05, 0.1) is 54.9 Å². The number of hydrogen-bond donors (Lipinski definition) is 0. The smallest absolute Gasteiger partial charge is 0.0836 e. The predicted octanol–water partition coefficient (Wildman–Crippen LogP) is 9.80. The Balaban J connectivity index is 1.30. The lowest BCUT2D eigenvalue weighted by Crippen LogP contribution is -2.44. The molecule has 0 heterocycles. The van der Waals surface area contributed by atoms with Crippen molar-refractivity contribution in [3.63, 3.8) is 0 Å². The first kappa shape index (κ1) is 32.8. The molecule has 2 heteroatoms. The Bertz CT molecular complexity index is 843. The fourth-order valence-corrected chi connectivity index (χ4v) is 5.93. The third-order valence-corrected chi connectivity index (χ3v) is 8.43. The van der Waals surface area contributed by atoms with Crippen LogP contribution in [0.15, 0.2) is 42.5 Å². The average molecular weight is 525 g/mol. The molecule has 0 saturated heterocycles. The molecule has 38 heavy (non-hydrogen) atoms. The fourth-order valence-electron chi connectivity index (χ4n) is 5.93. The van der Waals surface area contributed by atoms with Gasteiger partial charge < -0.3 is 8.97 Å². The van der Waals surface area contributed by atoms with Crippen molar-refractivity contribution >= 4 is 10.8 Å². The number of aryl methyl sites for hydroxylation is 1. The zero-order chi connectivity index (χ0) is 27.5. The molecule has 2 nitrogen and oxygen atoms in total. The Hall–Kier alpha value is -1.38. The van der Waals surface area contributed by atoms with Gasteiger partial charge in [-0.2, -0.15) is 0 Å². The van der Waals surface area contributed by atoms with Gasteiger partial charge in [-0.1, -0.05) is 126 Å². The van der Waals surface area contributed by atoms with E-state index in [-0.39, 0.29) is 0 Å². The lowest BCUT2D eigenvalue weighted by molar-refractivity contribution is -0.902. The number of quaternary nitrogens is 2. The van der Waals surface area contributed by atoms with E-state index in [0.29, 0.717) is 0 Å². The lowest BCUT2D eigenvalue weighted by atomic mass is 9.99. The van der Waals surface area contributed by atoms with Crippen LogP contribution in [0.4, 0.5) is 0 Å². The maximum atomic E-state index is 2.42. The summed E-state index contributed by atoms with van der Waals surface area (Å²) in [5.74, 6) is 0. The van der Waals surface area contributed by atoms with Gasteiger partial charge in [0.2, 0.25) is 0 Å². The topological polar surface area (TPSA) is 0 Å². The van der Waals surface area contributed by atoms with E-state index in [0.717, 1.165) is 4.48 Å². The van der Waals surface area contributed by atoms with E-state index in [4.69, 9.17) is 0 Å². The Kier molecular flexibility index (Phi) is 16.3. The van der Waals surface area contributed by atoms with E-state index < -0.39 is 0 Å². The molecule has 0 aliphatic heterocycles. The minimum absolute atomic E-state index is 1.09. The van der Waals surface area contributed by atoms with Crippen LogP contribution in [0.5, 0.6) is 0 Å². The first-order valence-corrected chi connectivity index (χ1v) is 16.4. The van der Waals surface area contributed by atoms with Crippen molar-refractivity contribution < 1.29 is 8.97 Å². The van der Waals surface area contributed by atoms with Crippen LogP contribution < -0.4 is 0 Å². The zero-order valence-corrected chi connectivity index (χ0v) is 26.3. The first-order chi connectivity index (χ1) is 18.3. The summed E-state index contributed by atoms with van der Waals surface area (Å²) in [5.41, 5.74) is 1.53.